The summed E-state index contributed by atoms with van der Waals surface area (Å²) in [6.45, 7) is 1.61. The SMILES string of the molecule is CCOC(=O)C1=C(CN2[C@H]3C[C@@H](CC(=O)O)C[C@H]2C(F)(F)C3)NC(c2nccs2)=N[C@H]1c1cccc(F)c1Cl. The van der Waals surface area contributed by atoms with Gasteiger partial charge in [0, 0.05) is 48.3 Å². The molecule has 0 spiro atoms. The number of carbonyl (C=O) groups is 2. The summed E-state index contributed by atoms with van der Waals surface area (Å²) in [5.41, 5.74) is 0.546. The molecule has 0 radical (unpaired) electrons. The fourth-order valence-corrected chi connectivity index (χ4v) is 6.62. The number of nitrogens with one attached hydrogen (secondary N) is 1. The highest BCUT2D eigenvalue weighted by Crippen LogP contribution is 2.49. The van der Waals surface area contributed by atoms with Gasteiger partial charge in [-0.05, 0) is 31.7 Å². The van der Waals surface area contributed by atoms with Crippen molar-refractivity contribution in [2.75, 3.05) is 13.2 Å². The highest BCUT2D eigenvalue weighted by atomic mass is 35.5. The van der Waals surface area contributed by atoms with Crippen molar-refractivity contribution in [3.63, 3.8) is 0 Å². The maximum atomic E-state index is 15.1. The Morgan fingerprint density at radius 3 is 2.79 bits per heavy atom. The summed E-state index contributed by atoms with van der Waals surface area (Å²) in [7, 11) is 0. The van der Waals surface area contributed by atoms with Crippen LogP contribution < -0.4 is 5.32 Å². The molecule has 3 aliphatic heterocycles. The predicted molar refractivity (Wildman–Crippen MR) is 138 cm³/mol. The molecule has 39 heavy (non-hydrogen) atoms. The van der Waals surface area contributed by atoms with E-state index in [4.69, 9.17) is 16.3 Å². The lowest BCUT2D eigenvalue weighted by Crippen LogP contribution is -2.50. The second-order valence-corrected chi connectivity index (χ2v) is 11.1. The lowest BCUT2D eigenvalue weighted by atomic mass is 9.87. The number of aliphatic imine (C=N–C) groups is 1. The van der Waals surface area contributed by atoms with E-state index < -0.39 is 48.2 Å². The fourth-order valence-electron chi connectivity index (χ4n) is 5.80. The van der Waals surface area contributed by atoms with Crippen molar-refractivity contribution in [1.29, 1.82) is 0 Å². The molecule has 2 saturated heterocycles. The number of halogens is 4. The number of amidine groups is 1. The van der Waals surface area contributed by atoms with E-state index in [2.05, 4.69) is 15.3 Å². The first-order valence-electron chi connectivity index (χ1n) is 12.5. The molecular formula is C26H26ClF3N4O4S. The molecule has 2 aromatic rings. The van der Waals surface area contributed by atoms with Crippen molar-refractivity contribution in [3.05, 3.63) is 62.5 Å². The number of esters is 1. The number of aromatic nitrogens is 1. The Kier molecular flexibility index (Phi) is 7.71. The number of rotatable bonds is 8. The molecule has 3 aliphatic rings. The van der Waals surface area contributed by atoms with Gasteiger partial charge in [0.2, 0.25) is 0 Å². The van der Waals surface area contributed by atoms with Crippen molar-refractivity contribution in [3.8, 4) is 0 Å². The molecular weight excluding hydrogens is 557 g/mol. The first kappa shape index (κ1) is 27.6. The molecule has 1 aromatic carbocycles. The van der Waals surface area contributed by atoms with Crippen LogP contribution in [0.5, 0.6) is 0 Å². The van der Waals surface area contributed by atoms with E-state index in [1.165, 1.54) is 23.5 Å². The minimum absolute atomic E-state index is 0.0183. The van der Waals surface area contributed by atoms with Gasteiger partial charge in [-0.15, -0.1) is 11.3 Å². The number of benzene rings is 1. The van der Waals surface area contributed by atoms with Crippen LogP contribution in [0.15, 0.2) is 46.0 Å². The molecule has 8 nitrogen and oxygen atoms in total. The van der Waals surface area contributed by atoms with Crippen LogP contribution in [-0.2, 0) is 14.3 Å². The molecule has 2 fully saturated rings. The third-order valence-corrected chi connectivity index (χ3v) is 8.54. The van der Waals surface area contributed by atoms with Crippen LogP contribution in [0.4, 0.5) is 13.2 Å². The van der Waals surface area contributed by atoms with Crippen molar-refractivity contribution in [1.82, 2.24) is 15.2 Å². The number of carbonyl (C=O) groups excluding carboxylic acids is 1. The normalized spacial score (nSPS) is 26.2. The van der Waals surface area contributed by atoms with E-state index in [0.29, 0.717) is 17.3 Å². The molecule has 0 saturated carbocycles. The third kappa shape index (κ3) is 5.42. The summed E-state index contributed by atoms with van der Waals surface area (Å²) in [5.74, 6) is -5.54. The van der Waals surface area contributed by atoms with Gasteiger partial charge in [0.1, 0.15) is 11.9 Å². The minimum Gasteiger partial charge on any atom is -0.481 e. The number of hydrogen-bond acceptors (Lipinski definition) is 8. The lowest BCUT2D eigenvalue weighted by molar-refractivity contribution is -0.140. The zero-order valence-corrected chi connectivity index (χ0v) is 22.4. The zero-order chi connectivity index (χ0) is 27.9. The van der Waals surface area contributed by atoms with Crippen molar-refractivity contribution in [2.24, 2.45) is 10.9 Å². The van der Waals surface area contributed by atoms with Crippen LogP contribution in [0.3, 0.4) is 0 Å². The van der Waals surface area contributed by atoms with Crippen molar-refractivity contribution in [2.45, 2.75) is 56.7 Å². The number of carboxylic acid groups (broad SMARTS) is 1. The molecule has 0 aliphatic carbocycles. The number of aliphatic carboxylic acids is 1. The highest BCUT2D eigenvalue weighted by Gasteiger charge is 2.57. The summed E-state index contributed by atoms with van der Waals surface area (Å²) in [5, 5.41) is 14.4. The molecule has 2 N–H and O–H groups in total. The second kappa shape index (κ2) is 10.9. The molecule has 0 amide bonds. The number of thiazole rings is 1. The maximum Gasteiger partial charge on any atom is 0.338 e. The average Bonchev–Trinajstić information content (AvgIpc) is 3.45. The Morgan fingerprint density at radius 1 is 1.33 bits per heavy atom. The van der Waals surface area contributed by atoms with Gasteiger partial charge in [-0.2, -0.15) is 0 Å². The Bertz CT molecular complexity index is 1340. The van der Waals surface area contributed by atoms with Crippen LogP contribution >= 0.6 is 22.9 Å². The standard InChI is InChI=1S/C26H26ClF3N4O4S/c1-2-38-25(37)20-17(12-34-14-8-13(10-19(35)36)9-18(34)26(29,30)11-14)32-23(24-31-6-7-39-24)33-22(20)15-4-3-5-16(28)21(15)27/h3-7,13-14,18,22H,2,8-12H2,1H3,(H,32,33)(H,35,36)/t13-,14+,18+,22+/m1/s1. The average molecular weight is 583 g/mol. The number of carboxylic acids is 1. The van der Waals surface area contributed by atoms with Crippen LogP contribution in [0.25, 0.3) is 0 Å². The van der Waals surface area contributed by atoms with Gasteiger partial charge in [0.15, 0.2) is 10.8 Å². The molecule has 4 atom stereocenters. The van der Waals surface area contributed by atoms with E-state index in [1.807, 2.05) is 0 Å². The van der Waals surface area contributed by atoms with Crippen LogP contribution in [-0.4, -0.2) is 63.9 Å². The van der Waals surface area contributed by atoms with Gasteiger partial charge in [0.05, 0.1) is 23.2 Å². The van der Waals surface area contributed by atoms with Gasteiger partial charge in [0.25, 0.3) is 5.92 Å². The van der Waals surface area contributed by atoms with E-state index in [0.717, 1.165) is 0 Å². The predicted octanol–water partition coefficient (Wildman–Crippen LogP) is 4.81. The van der Waals surface area contributed by atoms with E-state index in [1.54, 1.807) is 29.5 Å². The number of ether oxygens (including phenoxy) is 1. The van der Waals surface area contributed by atoms with Gasteiger partial charge in [-0.1, -0.05) is 23.7 Å². The number of piperidine rings is 1. The Balaban J connectivity index is 1.58. The molecule has 1 aromatic heterocycles. The Labute approximate surface area is 231 Å². The van der Waals surface area contributed by atoms with Gasteiger partial charge < -0.3 is 15.2 Å². The van der Waals surface area contributed by atoms with Gasteiger partial charge in [-0.25, -0.2) is 22.9 Å². The summed E-state index contributed by atoms with van der Waals surface area (Å²) < 4.78 is 50.1. The highest BCUT2D eigenvalue weighted by molar-refractivity contribution is 7.11. The van der Waals surface area contributed by atoms with Crippen molar-refractivity contribution >= 4 is 40.7 Å². The Hall–Kier alpha value is -2.96. The summed E-state index contributed by atoms with van der Waals surface area (Å²) in [6, 6.07) is 1.33. The van der Waals surface area contributed by atoms with Gasteiger partial charge in [-0.3, -0.25) is 14.7 Å². The monoisotopic (exact) mass is 582 g/mol. The third-order valence-electron chi connectivity index (χ3n) is 7.36. The first-order valence-corrected chi connectivity index (χ1v) is 13.8. The summed E-state index contributed by atoms with van der Waals surface area (Å²) >= 11 is 7.61. The first-order chi connectivity index (χ1) is 18.6. The van der Waals surface area contributed by atoms with Crippen molar-refractivity contribution < 1.29 is 32.6 Å². The topological polar surface area (TPSA) is 104 Å². The van der Waals surface area contributed by atoms with Crippen LogP contribution in [0, 0.1) is 11.7 Å². The van der Waals surface area contributed by atoms with E-state index in [-0.39, 0.29) is 53.8 Å². The number of nitrogens with zero attached hydrogens (tertiary/aromatic N) is 3. The maximum absolute atomic E-state index is 15.1. The molecule has 0 unspecified atom stereocenters. The smallest absolute Gasteiger partial charge is 0.338 e. The number of alkyl halides is 2. The lowest BCUT2D eigenvalue weighted by Gasteiger charge is -2.40. The summed E-state index contributed by atoms with van der Waals surface area (Å²) in [4.78, 5) is 35.2. The number of hydrogen-bond donors (Lipinski definition) is 2. The van der Waals surface area contributed by atoms with E-state index >= 15 is 8.78 Å². The molecule has 2 bridgehead atoms. The molecule has 5 rings (SSSR count). The second-order valence-electron chi connectivity index (χ2n) is 9.84. The van der Waals surface area contributed by atoms with Gasteiger partial charge >= 0.3 is 11.9 Å². The summed E-state index contributed by atoms with van der Waals surface area (Å²) in [6.07, 6.45) is 1.32. The van der Waals surface area contributed by atoms with Crippen LogP contribution in [0.1, 0.15) is 49.2 Å². The molecule has 208 valence electrons. The quantitative estimate of drug-likeness (QED) is 0.431. The number of fused-ring (bicyclic) bond motifs is 2. The minimum atomic E-state index is -3.02. The fraction of sp³-hybridized carbons (Fsp3) is 0.462. The Morgan fingerprint density at radius 2 is 2.13 bits per heavy atom. The molecule has 4 heterocycles. The van der Waals surface area contributed by atoms with Crippen LogP contribution in [0.2, 0.25) is 5.02 Å². The van der Waals surface area contributed by atoms with E-state index in [9.17, 15) is 19.1 Å². The zero-order valence-electron chi connectivity index (χ0n) is 20.9. The largest absolute Gasteiger partial charge is 0.481 e. The molecule has 13 heteroatoms.